The van der Waals surface area contributed by atoms with Crippen LogP contribution in [0.5, 0.6) is 5.75 Å². The van der Waals surface area contributed by atoms with Gasteiger partial charge in [-0.3, -0.25) is 4.79 Å². The molecule has 1 amide bonds. The van der Waals surface area contributed by atoms with Crippen molar-refractivity contribution in [3.8, 4) is 5.75 Å². The van der Waals surface area contributed by atoms with E-state index in [1.807, 2.05) is 39.3 Å². The van der Waals surface area contributed by atoms with Crippen LogP contribution in [0.2, 0.25) is 0 Å². The first kappa shape index (κ1) is 26.1. The Kier molecular flexibility index (Phi) is 9.11. The number of hydrogen-bond donors (Lipinski definition) is 2. The van der Waals surface area contributed by atoms with Crippen LogP contribution in [-0.2, 0) is 4.79 Å². The average Bonchev–Trinajstić information content (AvgIpc) is 2.84. The number of hydrogen-bond acceptors (Lipinski definition) is 8. The van der Waals surface area contributed by atoms with Crippen molar-refractivity contribution in [1.29, 1.82) is 0 Å². The minimum absolute atomic E-state index is 0.295. The Morgan fingerprint density at radius 3 is 2.51 bits per heavy atom. The number of carbonyl (C=O) groups excluding carboxylic acids is 1. The summed E-state index contributed by atoms with van der Waals surface area (Å²) in [5, 5.41) is 6.96. The van der Waals surface area contributed by atoms with Gasteiger partial charge in [0.25, 0.3) is 0 Å². The molecule has 0 fully saturated rings. The Labute approximate surface area is 211 Å². The van der Waals surface area contributed by atoms with Crippen molar-refractivity contribution in [3.63, 3.8) is 0 Å². The SMILES string of the molecule is C=CC(=O)Nc1cc(Nc2nccc(Sc3ccc(C)cc3)n2)c(OC)cc1N(C)CCN(C)C. The van der Waals surface area contributed by atoms with Gasteiger partial charge in [-0.05, 0) is 51.4 Å². The second kappa shape index (κ2) is 12.2. The van der Waals surface area contributed by atoms with Crippen molar-refractivity contribution in [3.05, 3.63) is 66.9 Å². The van der Waals surface area contributed by atoms with Crippen LogP contribution in [0.15, 0.2) is 71.2 Å². The predicted octanol–water partition coefficient (Wildman–Crippen LogP) is 4.81. The quantitative estimate of drug-likeness (QED) is 0.292. The number of ether oxygens (including phenoxy) is 1. The van der Waals surface area contributed by atoms with E-state index in [0.717, 1.165) is 28.7 Å². The van der Waals surface area contributed by atoms with Crippen LogP contribution in [-0.4, -0.2) is 62.1 Å². The molecule has 9 heteroatoms. The van der Waals surface area contributed by atoms with Crippen molar-refractivity contribution < 1.29 is 9.53 Å². The third-order valence-corrected chi connectivity index (χ3v) is 6.12. The van der Waals surface area contributed by atoms with Crippen LogP contribution in [0, 0.1) is 6.92 Å². The molecule has 0 aliphatic rings. The van der Waals surface area contributed by atoms with E-state index in [1.54, 1.807) is 25.1 Å². The highest BCUT2D eigenvalue weighted by molar-refractivity contribution is 7.99. The second-order valence-corrected chi connectivity index (χ2v) is 9.34. The molecule has 0 spiro atoms. The zero-order valence-electron chi connectivity index (χ0n) is 20.8. The molecule has 0 atom stereocenters. The number of carbonyl (C=O) groups is 1. The molecule has 35 heavy (non-hydrogen) atoms. The lowest BCUT2D eigenvalue weighted by atomic mass is 10.2. The topological polar surface area (TPSA) is 82.6 Å². The fraction of sp³-hybridized carbons (Fsp3) is 0.269. The molecule has 8 nitrogen and oxygen atoms in total. The summed E-state index contributed by atoms with van der Waals surface area (Å²) in [5.74, 6) is 0.736. The van der Waals surface area contributed by atoms with Gasteiger partial charge in [-0.15, -0.1) is 0 Å². The highest BCUT2D eigenvalue weighted by Gasteiger charge is 2.16. The van der Waals surface area contributed by atoms with Gasteiger partial charge >= 0.3 is 0 Å². The Morgan fingerprint density at radius 2 is 1.86 bits per heavy atom. The fourth-order valence-electron chi connectivity index (χ4n) is 3.21. The van der Waals surface area contributed by atoms with Gasteiger partial charge in [-0.25, -0.2) is 9.97 Å². The summed E-state index contributed by atoms with van der Waals surface area (Å²) < 4.78 is 5.66. The summed E-state index contributed by atoms with van der Waals surface area (Å²) in [7, 11) is 7.63. The normalized spacial score (nSPS) is 10.7. The summed E-state index contributed by atoms with van der Waals surface area (Å²) >= 11 is 1.56. The highest BCUT2D eigenvalue weighted by Crippen LogP contribution is 2.38. The number of anilines is 4. The largest absolute Gasteiger partial charge is 0.494 e. The molecular formula is C26H32N6O2S. The Morgan fingerprint density at radius 1 is 1.11 bits per heavy atom. The van der Waals surface area contributed by atoms with Crippen LogP contribution < -0.4 is 20.3 Å². The molecule has 2 N–H and O–H groups in total. The van der Waals surface area contributed by atoms with Crippen molar-refractivity contribution in [2.75, 3.05) is 56.9 Å². The third-order valence-electron chi connectivity index (χ3n) is 5.17. The lowest BCUT2D eigenvalue weighted by Crippen LogP contribution is -2.29. The minimum Gasteiger partial charge on any atom is -0.494 e. The van der Waals surface area contributed by atoms with E-state index in [2.05, 4.69) is 68.2 Å². The molecule has 1 aromatic heterocycles. The van der Waals surface area contributed by atoms with E-state index in [4.69, 9.17) is 4.74 Å². The van der Waals surface area contributed by atoms with Gasteiger partial charge in [0.2, 0.25) is 11.9 Å². The molecule has 0 saturated carbocycles. The van der Waals surface area contributed by atoms with Crippen LogP contribution in [0.3, 0.4) is 0 Å². The molecule has 0 saturated heterocycles. The van der Waals surface area contributed by atoms with E-state index in [-0.39, 0.29) is 5.91 Å². The number of nitrogens with zero attached hydrogens (tertiary/aromatic N) is 4. The molecule has 184 valence electrons. The molecule has 3 aromatic rings. The van der Waals surface area contributed by atoms with Crippen molar-refractivity contribution in [2.45, 2.75) is 16.8 Å². The molecule has 0 aliphatic carbocycles. The van der Waals surface area contributed by atoms with Crippen LogP contribution in [0.1, 0.15) is 5.56 Å². The molecule has 1 heterocycles. The molecular weight excluding hydrogens is 460 g/mol. The Balaban J connectivity index is 1.90. The summed E-state index contributed by atoms with van der Waals surface area (Å²) in [6.45, 7) is 7.25. The number of nitrogens with one attached hydrogen (secondary N) is 2. The number of benzene rings is 2. The number of aromatic nitrogens is 2. The van der Waals surface area contributed by atoms with E-state index < -0.39 is 0 Å². The van der Waals surface area contributed by atoms with E-state index in [9.17, 15) is 4.79 Å². The van der Waals surface area contributed by atoms with Gasteiger partial charge in [0.05, 0.1) is 24.2 Å². The molecule has 0 bridgehead atoms. The molecule has 0 unspecified atom stereocenters. The molecule has 2 aromatic carbocycles. The summed E-state index contributed by atoms with van der Waals surface area (Å²) in [4.78, 5) is 26.4. The first-order valence-corrected chi connectivity index (χ1v) is 12.0. The fourth-order valence-corrected chi connectivity index (χ4v) is 3.99. The maximum atomic E-state index is 12.2. The zero-order chi connectivity index (χ0) is 25.4. The van der Waals surface area contributed by atoms with Crippen molar-refractivity contribution >= 4 is 40.7 Å². The predicted molar refractivity (Wildman–Crippen MR) is 144 cm³/mol. The van der Waals surface area contributed by atoms with Gasteiger partial charge in [0.1, 0.15) is 10.8 Å². The van der Waals surface area contributed by atoms with Gasteiger partial charge in [0.15, 0.2) is 0 Å². The van der Waals surface area contributed by atoms with Gasteiger partial charge < -0.3 is 25.2 Å². The summed E-state index contributed by atoms with van der Waals surface area (Å²) in [5.41, 5.74) is 3.30. The van der Waals surface area contributed by atoms with Gasteiger partial charge in [-0.1, -0.05) is 36.0 Å². The van der Waals surface area contributed by atoms with E-state index in [0.29, 0.717) is 23.1 Å². The number of amides is 1. The maximum Gasteiger partial charge on any atom is 0.247 e. The average molecular weight is 493 g/mol. The van der Waals surface area contributed by atoms with Crippen molar-refractivity contribution in [1.82, 2.24) is 14.9 Å². The second-order valence-electron chi connectivity index (χ2n) is 8.25. The van der Waals surface area contributed by atoms with Crippen LogP contribution >= 0.6 is 11.8 Å². The maximum absolute atomic E-state index is 12.2. The van der Waals surface area contributed by atoms with Gasteiger partial charge in [0, 0.05) is 37.3 Å². The van der Waals surface area contributed by atoms with Gasteiger partial charge in [-0.2, -0.15) is 0 Å². The summed E-state index contributed by atoms with van der Waals surface area (Å²) in [6, 6.07) is 13.9. The summed E-state index contributed by atoms with van der Waals surface area (Å²) in [6.07, 6.45) is 2.96. The standard InChI is InChI=1S/C26H32N6O2S/c1-7-24(33)28-20-16-21(23(34-6)17-22(20)32(5)15-14-31(3)4)29-26-27-13-12-25(30-26)35-19-10-8-18(2)9-11-19/h7-13,16-17H,1,14-15H2,2-6H3,(H,28,33)(H,27,29,30). The number of rotatable bonds is 11. The number of aryl methyl sites for hydroxylation is 1. The lowest BCUT2D eigenvalue weighted by Gasteiger charge is -2.26. The Bertz CT molecular complexity index is 1170. The zero-order valence-corrected chi connectivity index (χ0v) is 21.6. The highest BCUT2D eigenvalue weighted by atomic mass is 32.2. The number of likely N-dealkylation sites (N-methyl/N-ethyl adjacent to an activating group) is 2. The molecule has 3 rings (SSSR count). The van der Waals surface area contributed by atoms with Crippen LogP contribution in [0.4, 0.5) is 23.0 Å². The molecule has 0 radical (unpaired) electrons. The first-order chi connectivity index (χ1) is 16.8. The third kappa shape index (κ3) is 7.46. The van der Waals surface area contributed by atoms with Crippen LogP contribution in [0.25, 0.3) is 0 Å². The minimum atomic E-state index is -0.295. The first-order valence-electron chi connectivity index (χ1n) is 11.1. The van der Waals surface area contributed by atoms with Crippen molar-refractivity contribution in [2.24, 2.45) is 0 Å². The lowest BCUT2D eigenvalue weighted by molar-refractivity contribution is -0.111. The van der Waals surface area contributed by atoms with E-state index >= 15 is 0 Å². The van der Waals surface area contributed by atoms with E-state index in [1.165, 1.54) is 11.6 Å². The Hall–Kier alpha value is -3.56. The molecule has 0 aliphatic heterocycles. The monoisotopic (exact) mass is 492 g/mol. The smallest absolute Gasteiger partial charge is 0.247 e. The number of methoxy groups -OCH3 is 1.